The van der Waals surface area contributed by atoms with Crippen molar-refractivity contribution < 1.29 is 36.7 Å². The SMILES string of the molecule is COC(=O)Cn1c(=NC(=O)C2CCN(S(=O)(=O)c3ccc(F)cc3)CC2)sc2cc(C(=O)OC)ccc21. The zero-order valence-electron chi connectivity index (χ0n) is 20.0. The lowest BCUT2D eigenvalue weighted by atomic mass is 9.98. The highest BCUT2D eigenvalue weighted by atomic mass is 32.2. The number of benzene rings is 2. The molecule has 0 N–H and O–H groups in total. The summed E-state index contributed by atoms with van der Waals surface area (Å²) in [5.74, 6) is -2.53. The first-order valence-electron chi connectivity index (χ1n) is 11.3. The van der Waals surface area contributed by atoms with Crippen LogP contribution in [0.5, 0.6) is 0 Å². The fourth-order valence-electron chi connectivity index (χ4n) is 4.03. The Hall–Kier alpha value is -3.42. The molecule has 1 fully saturated rings. The number of halogens is 1. The average Bonchev–Trinajstić information content (AvgIpc) is 3.23. The van der Waals surface area contributed by atoms with Gasteiger partial charge in [0.25, 0.3) is 5.91 Å². The molecule has 1 saturated heterocycles. The van der Waals surface area contributed by atoms with Gasteiger partial charge in [0.15, 0.2) is 4.80 Å². The van der Waals surface area contributed by atoms with Gasteiger partial charge in [-0.1, -0.05) is 11.3 Å². The summed E-state index contributed by atoms with van der Waals surface area (Å²) in [6, 6.07) is 9.40. The Kier molecular flexibility index (Phi) is 7.85. The number of hydrogen-bond acceptors (Lipinski definition) is 8. The van der Waals surface area contributed by atoms with Crippen LogP contribution in [0.25, 0.3) is 10.2 Å². The van der Waals surface area contributed by atoms with Crippen LogP contribution in [0, 0.1) is 11.7 Å². The van der Waals surface area contributed by atoms with E-state index in [0.717, 1.165) is 23.5 Å². The normalized spacial score (nSPS) is 15.6. The van der Waals surface area contributed by atoms with Gasteiger partial charge in [0.2, 0.25) is 10.0 Å². The molecule has 0 spiro atoms. The first-order chi connectivity index (χ1) is 17.6. The number of ether oxygens (including phenoxy) is 2. The molecule has 1 aliphatic rings. The van der Waals surface area contributed by atoms with Crippen molar-refractivity contribution in [2.45, 2.75) is 24.3 Å². The van der Waals surface area contributed by atoms with Crippen LogP contribution in [0.4, 0.5) is 4.39 Å². The minimum atomic E-state index is -3.81. The predicted molar refractivity (Wildman–Crippen MR) is 132 cm³/mol. The number of sulfonamides is 1. The van der Waals surface area contributed by atoms with Crippen molar-refractivity contribution in [3.8, 4) is 0 Å². The Morgan fingerprint density at radius 1 is 1.05 bits per heavy atom. The lowest BCUT2D eigenvalue weighted by molar-refractivity contribution is -0.141. The maximum atomic E-state index is 13.2. The highest BCUT2D eigenvalue weighted by molar-refractivity contribution is 7.89. The zero-order valence-corrected chi connectivity index (χ0v) is 21.7. The van der Waals surface area contributed by atoms with Crippen molar-refractivity contribution in [1.29, 1.82) is 0 Å². The van der Waals surface area contributed by atoms with Gasteiger partial charge in [0, 0.05) is 19.0 Å². The Balaban J connectivity index is 1.58. The molecule has 196 valence electrons. The predicted octanol–water partition coefficient (Wildman–Crippen LogP) is 2.33. The second-order valence-corrected chi connectivity index (χ2v) is 11.3. The summed E-state index contributed by atoms with van der Waals surface area (Å²) in [6.07, 6.45) is 0.522. The largest absolute Gasteiger partial charge is 0.468 e. The summed E-state index contributed by atoms with van der Waals surface area (Å²) in [7, 11) is -1.28. The van der Waals surface area contributed by atoms with Crippen LogP contribution in [0.15, 0.2) is 52.4 Å². The molecule has 37 heavy (non-hydrogen) atoms. The van der Waals surface area contributed by atoms with E-state index in [1.165, 1.54) is 30.7 Å². The van der Waals surface area contributed by atoms with Gasteiger partial charge in [-0.2, -0.15) is 9.30 Å². The molecule has 1 aliphatic heterocycles. The van der Waals surface area contributed by atoms with E-state index in [2.05, 4.69) is 4.99 Å². The van der Waals surface area contributed by atoms with Crippen LogP contribution < -0.4 is 4.80 Å². The van der Waals surface area contributed by atoms with E-state index in [1.54, 1.807) is 22.8 Å². The molecule has 3 aromatic rings. The van der Waals surface area contributed by atoms with Gasteiger partial charge in [-0.05, 0) is 55.3 Å². The quantitative estimate of drug-likeness (QED) is 0.432. The zero-order chi connectivity index (χ0) is 26.7. The molecule has 2 heterocycles. The number of aromatic nitrogens is 1. The lowest BCUT2D eigenvalue weighted by Gasteiger charge is -2.29. The van der Waals surface area contributed by atoms with Crippen LogP contribution in [-0.4, -0.2) is 62.4 Å². The summed E-state index contributed by atoms with van der Waals surface area (Å²) in [4.78, 5) is 41.5. The third-order valence-electron chi connectivity index (χ3n) is 6.08. The first kappa shape index (κ1) is 26.6. The highest BCUT2D eigenvalue weighted by Gasteiger charge is 2.32. The maximum absolute atomic E-state index is 13.2. The number of methoxy groups -OCH3 is 2. The first-order valence-corrected chi connectivity index (χ1v) is 13.5. The molecule has 10 nitrogen and oxygen atoms in total. The Bertz CT molecular complexity index is 1520. The minimum Gasteiger partial charge on any atom is -0.468 e. The van der Waals surface area contributed by atoms with E-state index < -0.39 is 39.6 Å². The Labute approximate surface area is 216 Å². The third-order valence-corrected chi connectivity index (χ3v) is 9.03. The van der Waals surface area contributed by atoms with Gasteiger partial charge in [-0.15, -0.1) is 0 Å². The molecule has 0 unspecified atom stereocenters. The fourth-order valence-corrected chi connectivity index (χ4v) is 6.58. The standard InChI is InChI=1S/C24H24FN3O7S2/c1-34-21(29)14-28-19-8-3-16(23(31)35-2)13-20(19)36-24(28)26-22(30)15-9-11-27(12-10-15)37(32,33)18-6-4-17(25)5-7-18/h3-8,13,15H,9-12,14H2,1-2H3. The topological polar surface area (TPSA) is 124 Å². The number of amides is 1. The van der Waals surface area contributed by atoms with Crippen molar-refractivity contribution in [2.75, 3.05) is 27.3 Å². The molecule has 0 saturated carbocycles. The van der Waals surface area contributed by atoms with Crippen LogP contribution in [0.1, 0.15) is 23.2 Å². The van der Waals surface area contributed by atoms with Gasteiger partial charge >= 0.3 is 11.9 Å². The Morgan fingerprint density at radius 2 is 1.73 bits per heavy atom. The summed E-state index contributed by atoms with van der Waals surface area (Å²) in [5.41, 5.74) is 0.906. The molecule has 0 atom stereocenters. The lowest BCUT2D eigenvalue weighted by Crippen LogP contribution is -2.40. The van der Waals surface area contributed by atoms with Gasteiger partial charge in [-0.3, -0.25) is 9.59 Å². The second-order valence-electron chi connectivity index (χ2n) is 8.30. The van der Waals surface area contributed by atoms with Crippen molar-refractivity contribution in [3.05, 3.63) is 58.6 Å². The summed E-state index contributed by atoms with van der Waals surface area (Å²) in [6.45, 7) is 0.0416. The molecule has 4 rings (SSSR count). The van der Waals surface area contributed by atoms with Crippen molar-refractivity contribution in [1.82, 2.24) is 8.87 Å². The summed E-state index contributed by atoms with van der Waals surface area (Å²) in [5, 5.41) is 0. The molecule has 2 aromatic carbocycles. The molecular weight excluding hydrogens is 525 g/mol. The highest BCUT2D eigenvalue weighted by Crippen LogP contribution is 2.25. The number of carbonyl (C=O) groups excluding carboxylic acids is 3. The van der Waals surface area contributed by atoms with Crippen LogP contribution in [0.3, 0.4) is 0 Å². The summed E-state index contributed by atoms with van der Waals surface area (Å²) >= 11 is 1.14. The third kappa shape index (κ3) is 5.63. The van der Waals surface area contributed by atoms with Gasteiger partial charge in [0.05, 0.1) is 34.9 Å². The monoisotopic (exact) mass is 549 g/mol. The minimum absolute atomic E-state index is 0.0104. The molecule has 0 radical (unpaired) electrons. The molecule has 0 aliphatic carbocycles. The second kappa shape index (κ2) is 10.9. The van der Waals surface area contributed by atoms with Crippen LogP contribution in [-0.2, 0) is 35.6 Å². The molecule has 13 heteroatoms. The number of rotatable bonds is 6. The van der Waals surface area contributed by atoms with Crippen LogP contribution >= 0.6 is 11.3 Å². The van der Waals surface area contributed by atoms with E-state index in [1.807, 2.05) is 0 Å². The summed E-state index contributed by atoms with van der Waals surface area (Å²) < 4.78 is 51.9. The van der Waals surface area contributed by atoms with Crippen molar-refractivity contribution in [2.24, 2.45) is 10.9 Å². The van der Waals surface area contributed by atoms with E-state index in [4.69, 9.17) is 9.47 Å². The molecular formula is C24H24FN3O7S2. The van der Waals surface area contributed by atoms with Gasteiger partial charge in [-0.25, -0.2) is 17.6 Å². The van der Waals surface area contributed by atoms with E-state index in [0.29, 0.717) is 15.8 Å². The number of fused-ring (bicyclic) bond motifs is 1. The number of piperidine rings is 1. The maximum Gasteiger partial charge on any atom is 0.337 e. The average molecular weight is 550 g/mol. The van der Waals surface area contributed by atoms with Crippen molar-refractivity contribution in [3.63, 3.8) is 0 Å². The number of nitrogens with zero attached hydrogens (tertiary/aromatic N) is 3. The van der Waals surface area contributed by atoms with Crippen LogP contribution in [0.2, 0.25) is 0 Å². The van der Waals surface area contributed by atoms with E-state index in [-0.39, 0.29) is 42.2 Å². The Morgan fingerprint density at radius 3 is 2.35 bits per heavy atom. The number of esters is 2. The van der Waals surface area contributed by atoms with E-state index >= 15 is 0 Å². The molecule has 1 aromatic heterocycles. The van der Waals surface area contributed by atoms with Crippen molar-refractivity contribution >= 4 is 49.4 Å². The van der Waals surface area contributed by atoms with Gasteiger partial charge < -0.3 is 14.0 Å². The number of thiazole rings is 1. The number of hydrogen-bond donors (Lipinski definition) is 0. The smallest absolute Gasteiger partial charge is 0.337 e. The molecule has 1 amide bonds. The van der Waals surface area contributed by atoms with E-state index in [9.17, 15) is 27.2 Å². The number of carbonyl (C=O) groups is 3. The van der Waals surface area contributed by atoms with Gasteiger partial charge in [0.1, 0.15) is 12.4 Å². The fraction of sp³-hybridized carbons (Fsp3) is 0.333. The molecule has 0 bridgehead atoms.